The van der Waals surface area contributed by atoms with Crippen LogP contribution in [0.4, 0.5) is 0 Å². The van der Waals surface area contributed by atoms with Crippen molar-refractivity contribution in [3.05, 3.63) is 29.3 Å². The highest BCUT2D eigenvalue weighted by Crippen LogP contribution is 2.27. The molecule has 0 saturated carbocycles. The maximum Gasteiger partial charge on any atom is 0.243 e. The standard InChI is InChI=1S/C21H34N2O3S/c1-15(2)14-23(16(3)4)21(24)19-9-11-22(12-10-19)27(25,26)20-8-7-17(5)18(6)13-20/h7-8,13,15-16,19H,9-12,14H2,1-6H3. The molecule has 1 saturated heterocycles. The van der Waals surface area contributed by atoms with Crippen LogP contribution in [0.25, 0.3) is 0 Å². The lowest BCUT2D eigenvalue weighted by molar-refractivity contribution is -0.139. The second-order valence-electron chi connectivity index (χ2n) is 8.40. The van der Waals surface area contributed by atoms with Gasteiger partial charge in [0.1, 0.15) is 0 Å². The van der Waals surface area contributed by atoms with Gasteiger partial charge in [-0.15, -0.1) is 0 Å². The third kappa shape index (κ3) is 5.11. The quantitative estimate of drug-likeness (QED) is 0.741. The van der Waals surface area contributed by atoms with Crippen LogP contribution in [0.15, 0.2) is 23.1 Å². The molecule has 0 unspecified atom stereocenters. The van der Waals surface area contributed by atoms with Crippen molar-refractivity contribution >= 4 is 15.9 Å². The van der Waals surface area contributed by atoms with E-state index in [0.29, 0.717) is 36.7 Å². The van der Waals surface area contributed by atoms with E-state index in [-0.39, 0.29) is 17.9 Å². The second kappa shape index (κ2) is 8.74. The van der Waals surface area contributed by atoms with E-state index in [1.165, 1.54) is 4.31 Å². The Bertz CT molecular complexity index is 764. The molecule has 1 aliphatic rings. The highest BCUT2D eigenvalue weighted by atomic mass is 32.2. The van der Waals surface area contributed by atoms with E-state index in [9.17, 15) is 13.2 Å². The molecule has 27 heavy (non-hydrogen) atoms. The Balaban J connectivity index is 2.07. The van der Waals surface area contributed by atoms with E-state index < -0.39 is 10.0 Å². The maximum absolute atomic E-state index is 12.9. The molecule has 1 amide bonds. The van der Waals surface area contributed by atoms with Crippen molar-refractivity contribution in [2.24, 2.45) is 11.8 Å². The highest BCUT2D eigenvalue weighted by Gasteiger charge is 2.34. The van der Waals surface area contributed by atoms with Crippen molar-refractivity contribution in [2.75, 3.05) is 19.6 Å². The van der Waals surface area contributed by atoms with Crippen LogP contribution in [0, 0.1) is 25.7 Å². The average Bonchev–Trinajstić information content (AvgIpc) is 2.61. The second-order valence-corrected chi connectivity index (χ2v) is 10.3. The number of carbonyl (C=O) groups is 1. The van der Waals surface area contributed by atoms with Crippen LogP contribution in [-0.4, -0.2) is 49.2 Å². The van der Waals surface area contributed by atoms with Crippen molar-refractivity contribution in [3.63, 3.8) is 0 Å². The van der Waals surface area contributed by atoms with Crippen LogP contribution in [0.5, 0.6) is 0 Å². The largest absolute Gasteiger partial charge is 0.340 e. The fourth-order valence-electron chi connectivity index (χ4n) is 3.55. The van der Waals surface area contributed by atoms with Crippen molar-refractivity contribution < 1.29 is 13.2 Å². The van der Waals surface area contributed by atoms with E-state index >= 15 is 0 Å². The smallest absolute Gasteiger partial charge is 0.243 e. The summed E-state index contributed by atoms with van der Waals surface area (Å²) in [6.45, 7) is 13.8. The molecule has 1 aromatic rings. The summed E-state index contributed by atoms with van der Waals surface area (Å²) in [5.41, 5.74) is 2.06. The van der Waals surface area contributed by atoms with Gasteiger partial charge in [-0.3, -0.25) is 4.79 Å². The van der Waals surface area contributed by atoms with Gasteiger partial charge in [0.25, 0.3) is 0 Å². The first-order valence-electron chi connectivity index (χ1n) is 9.92. The molecule has 1 fully saturated rings. The molecule has 0 spiro atoms. The Hall–Kier alpha value is -1.40. The van der Waals surface area contributed by atoms with Crippen LogP contribution >= 0.6 is 0 Å². The van der Waals surface area contributed by atoms with Gasteiger partial charge >= 0.3 is 0 Å². The van der Waals surface area contributed by atoms with Crippen LogP contribution in [0.1, 0.15) is 51.7 Å². The predicted molar refractivity (Wildman–Crippen MR) is 109 cm³/mol. The average molecular weight is 395 g/mol. The Labute approximate surface area is 164 Å². The number of nitrogens with zero attached hydrogens (tertiary/aromatic N) is 2. The molecule has 1 aromatic carbocycles. The molecule has 152 valence electrons. The molecule has 6 heteroatoms. The van der Waals surface area contributed by atoms with E-state index in [2.05, 4.69) is 13.8 Å². The number of hydrogen-bond donors (Lipinski definition) is 0. The molecular weight excluding hydrogens is 360 g/mol. The molecule has 2 rings (SSSR count). The lowest BCUT2D eigenvalue weighted by Crippen LogP contribution is -2.47. The van der Waals surface area contributed by atoms with Gasteiger partial charge in [-0.1, -0.05) is 19.9 Å². The number of rotatable bonds is 6. The monoisotopic (exact) mass is 394 g/mol. The first kappa shape index (κ1) is 21.9. The van der Waals surface area contributed by atoms with Gasteiger partial charge in [-0.2, -0.15) is 4.31 Å². The van der Waals surface area contributed by atoms with Gasteiger partial charge in [0.2, 0.25) is 15.9 Å². The first-order chi connectivity index (χ1) is 12.5. The predicted octanol–water partition coefficient (Wildman–Crippen LogP) is 3.60. The van der Waals surface area contributed by atoms with Gasteiger partial charge in [-0.25, -0.2) is 8.42 Å². The Morgan fingerprint density at radius 1 is 1.11 bits per heavy atom. The van der Waals surface area contributed by atoms with E-state index in [4.69, 9.17) is 0 Å². The number of amides is 1. The SMILES string of the molecule is Cc1ccc(S(=O)(=O)N2CCC(C(=O)N(CC(C)C)C(C)C)CC2)cc1C. The fourth-order valence-corrected chi connectivity index (χ4v) is 5.11. The van der Waals surface area contributed by atoms with Crippen LogP contribution in [0.2, 0.25) is 0 Å². The van der Waals surface area contributed by atoms with E-state index in [0.717, 1.165) is 17.7 Å². The highest BCUT2D eigenvalue weighted by molar-refractivity contribution is 7.89. The molecule has 1 heterocycles. The lowest BCUT2D eigenvalue weighted by Gasteiger charge is -2.36. The van der Waals surface area contributed by atoms with Crippen molar-refractivity contribution in [2.45, 2.75) is 65.3 Å². The van der Waals surface area contributed by atoms with E-state index in [1.54, 1.807) is 12.1 Å². The van der Waals surface area contributed by atoms with Crippen LogP contribution in [0.3, 0.4) is 0 Å². The number of benzene rings is 1. The molecule has 0 aliphatic carbocycles. The summed E-state index contributed by atoms with van der Waals surface area (Å²) in [6, 6.07) is 5.44. The Morgan fingerprint density at radius 3 is 2.19 bits per heavy atom. The summed E-state index contributed by atoms with van der Waals surface area (Å²) in [6.07, 6.45) is 1.18. The number of carbonyl (C=O) groups excluding carboxylic acids is 1. The van der Waals surface area contributed by atoms with Gasteiger partial charge in [0.05, 0.1) is 4.90 Å². The minimum atomic E-state index is -3.50. The summed E-state index contributed by atoms with van der Waals surface area (Å²) >= 11 is 0. The topological polar surface area (TPSA) is 57.7 Å². The molecule has 0 bridgehead atoms. The molecule has 0 radical (unpaired) electrons. The van der Waals surface area contributed by atoms with Crippen LogP contribution < -0.4 is 0 Å². The lowest BCUT2D eigenvalue weighted by atomic mass is 9.95. The Kier molecular flexibility index (Phi) is 7.09. The molecule has 1 aliphatic heterocycles. The zero-order valence-electron chi connectivity index (χ0n) is 17.5. The van der Waals surface area contributed by atoms with Crippen molar-refractivity contribution in [3.8, 4) is 0 Å². The Morgan fingerprint density at radius 2 is 1.70 bits per heavy atom. The third-order valence-corrected chi connectivity index (χ3v) is 7.28. The third-order valence-electron chi connectivity index (χ3n) is 5.39. The normalized spacial score (nSPS) is 16.9. The van der Waals surface area contributed by atoms with Crippen LogP contribution in [-0.2, 0) is 14.8 Å². The molecular formula is C21H34N2O3S. The number of sulfonamides is 1. The summed E-state index contributed by atoms with van der Waals surface area (Å²) in [7, 11) is -3.50. The molecule has 0 N–H and O–H groups in total. The van der Waals surface area contributed by atoms with Crippen molar-refractivity contribution in [1.29, 1.82) is 0 Å². The van der Waals surface area contributed by atoms with Gasteiger partial charge < -0.3 is 4.90 Å². The number of piperidine rings is 1. The van der Waals surface area contributed by atoms with Gasteiger partial charge in [-0.05, 0) is 69.7 Å². The zero-order valence-corrected chi connectivity index (χ0v) is 18.3. The minimum Gasteiger partial charge on any atom is -0.340 e. The maximum atomic E-state index is 12.9. The summed E-state index contributed by atoms with van der Waals surface area (Å²) in [5.74, 6) is 0.501. The fraction of sp³-hybridized carbons (Fsp3) is 0.667. The summed E-state index contributed by atoms with van der Waals surface area (Å²) in [5, 5.41) is 0. The van der Waals surface area contributed by atoms with E-state index in [1.807, 2.05) is 38.7 Å². The number of aryl methyl sites for hydroxylation is 2. The van der Waals surface area contributed by atoms with Gasteiger partial charge in [0, 0.05) is 31.6 Å². The first-order valence-corrected chi connectivity index (χ1v) is 11.4. The molecule has 0 aromatic heterocycles. The molecule has 5 nitrogen and oxygen atoms in total. The number of hydrogen-bond acceptors (Lipinski definition) is 3. The summed E-state index contributed by atoms with van der Waals surface area (Å²) in [4.78, 5) is 15.2. The zero-order chi connectivity index (χ0) is 20.4. The van der Waals surface area contributed by atoms with Crippen molar-refractivity contribution in [1.82, 2.24) is 9.21 Å². The minimum absolute atomic E-state index is 0.0858. The van der Waals surface area contributed by atoms with Gasteiger partial charge in [0.15, 0.2) is 0 Å². The summed E-state index contributed by atoms with van der Waals surface area (Å²) < 4.78 is 27.4. The molecule has 0 atom stereocenters.